The standard InChI is InChI=1S/C12H18ClN3O2/c1-18-12-15-7-10(13)11(16-12)14-6-8-3-2-4-9(17)5-8/h7-9,17H,2-6H2,1H3,(H,14,15,16). The fourth-order valence-electron chi connectivity index (χ4n) is 2.26. The van der Waals surface area contributed by atoms with Gasteiger partial charge < -0.3 is 15.2 Å². The quantitative estimate of drug-likeness (QED) is 0.878. The summed E-state index contributed by atoms with van der Waals surface area (Å²) in [6.07, 6.45) is 5.32. The van der Waals surface area contributed by atoms with Gasteiger partial charge in [0.15, 0.2) is 5.82 Å². The third kappa shape index (κ3) is 3.46. The summed E-state index contributed by atoms with van der Waals surface area (Å²) in [5.41, 5.74) is 0. The zero-order valence-corrected chi connectivity index (χ0v) is 11.2. The van der Waals surface area contributed by atoms with Gasteiger partial charge in [0.1, 0.15) is 5.02 Å². The van der Waals surface area contributed by atoms with E-state index in [9.17, 15) is 5.11 Å². The molecule has 0 bridgehead atoms. The van der Waals surface area contributed by atoms with Crippen LogP contribution in [0.1, 0.15) is 25.7 Å². The van der Waals surface area contributed by atoms with Crippen LogP contribution in [-0.2, 0) is 0 Å². The predicted molar refractivity (Wildman–Crippen MR) is 70.0 cm³/mol. The summed E-state index contributed by atoms with van der Waals surface area (Å²) in [5.74, 6) is 1.05. The molecule has 1 aromatic rings. The summed E-state index contributed by atoms with van der Waals surface area (Å²) in [6, 6.07) is 0.297. The lowest BCUT2D eigenvalue weighted by molar-refractivity contribution is 0.104. The van der Waals surface area contributed by atoms with Crippen LogP contribution in [0, 0.1) is 5.92 Å². The number of aliphatic hydroxyl groups excluding tert-OH is 1. The second kappa shape index (κ2) is 6.20. The van der Waals surface area contributed by atoms with Crippen molar-refractivity contribution in [2.45, 2.75) is 31.8 Å². The first kappa shape index (κ1) is 13.4. The molecule has 5 nitrogen and oxygen atoms in total. The van der Waals surface area contributed by atoms with Gasteiger partial charge in [0, 0.05) is 6.54 Å². The third-order valence-corrected chi connectivity index (χ3v) is 3.49. The number of aromatic nitrogens is 2. The van der Waals surface area contributed by atoms with Crippen molar-refractivity contribution in [1.29, 1.82) is 0 Å². The summed E-state index contributed by atoms with van der Waals surface area (Å²) in [6.45, 7) is 0.761. The molecule has 0 aliphatic heterocycles. The Morgan fingerprint density at radius 2 is 2.39 bits per heavy atom. The number of hydrogen-bond acceptors (Lipinski definition) is 5. The van der Waals surface area contributed by atoms with E-state index in [1.165, 1.54) is 13.3 Å². The fraction of sp³-hybridized carbons (Fsp3) is 0.667. The molecule has 0 saturated heterocycles. The number of aliphatic hydroxyl groups is 1. The zero-order chi connectivity index (χ0) is 13.0. The lowest BCUT2D eigenvalue weighted by atomic mass is 9.87. The molecule has 1 heterocycles. The first-order chi connectivity index (χ1) is 8.69. The molecule has 1 fully saturated rings. The smallest absolute Gasteiger partial charge is 0.318 e. The van der Waals surface area contributed by atoms with Crippen molar-refractivity contribution in [2.75, 3.05) is 19.0 Å². The molecule has 1 aliphatic rings. The van der Waals surface area contributed by atoms with Crippen molar-refractivity contribution in [3.8, 4) is 6.01 Å². The zero-order valence-electron chi connectivity index (χ0n) is 10.4. The van der Waals surface area contributed by atoms with Gasteiger partial charge in [0.2, 0.25) is 0 Å². The SMILES string of the molecule is COc1ncc(Cl)c(NCC2CCCC(O)C2)n1. The minimum Gasteiger partial charge on any atom is -0.467 e. The Morgan fingerprint density at radius 1 is 1.56 bits per heavy atom. The van der Waals surface area contributed by atoms with Gasteiger partial charge in [0.05, 0.1) is 19.4 Å². The van der Waals surface area contributed by atoms with Gasteiger partial charge >= 0.3 is 6.01 Å². The molecular weight excluding hydrogens is 254 g/mol. The maximum absolute atomic E-state index is 9.61. The van der Waals surface area contributed by atoms with E-state index in [1.54, 1.807) is 0 Å². The number of hydrogen-bond donors (Lipinski definition) is 2. The molecule has 2 rings (SSSR count). The van der Waals surface area contributed by atoms with E-state index in [0.717, 1.165) is 32.2 Å². The largest absolute Gasteiger partial charge is 0.467 e. The van der Waals surface area contributed by atoms with Gasteiger partial charge in [-0.05, 0) is 25.2 Å². The van der Waals surface area contributed by atoms with Crippen LogP contribution in [0.4, 0.5) is 5.82 Å². The fourth-order valence-corrected chi connectivity index (χ4v) is 2.42. The number of rotatable bonds is 4. The molecule has 6 heteroatoms. The Morgan fingerprint density at radius 3 is 3.11 bits per heavy atom. The normalized spacial score (nSPS) is 23.7. The van der Waals surface area contributed by atoms with Crippen LogP contribution in [0.3, 0.4) is 0 Å². The highest BCUT2D eigenvalue weighted by Gasteiger charge is 2.20. The average molecular weight is 272 g/mol. The predicted octanol–water partition coefficient (Wildman–Crippen LogP) is 2.10. The second-order valence-electron chi connectivity index (χ2n) is 4.62. The van der Waals surface area contributed by atoms with Crippen molar-refractivity contribution in [3.05, 3.63) is 11.2 Å². The van der Waals surface area contributed by atoms with E-state index in [1.807, 2.05) is 0 Å². The monoisotopic (exact) mass is 271 g/mol. The highest BCUT2D eigenvalue weighted by Crippen LogP contribution is 2.26. The molecule has 2 atom stereocenters. The Hall–Kier alpha value is -1.07. The lowest BCUT2D eigenvalue weighted by Crippen LogP contribution is -2.25. The highest BCUT2D eigenvalue weighted by atomic mass is 35.5. The van der Waals surface area contributed by atoms with Gasteiger partial charge in [-0.15, -0.1) is 0 Å². The number of nitrogens with zero attached hydrogens (tertiary/aromatic N) is 2. The van der Waals surface area contributed by atoms with Crippen molar-refractivity contribution < 1.29 is 9.84 Å². The Bertz CT molecular complexity index is 403. The molecule has 0 aromatic carbocycles. The molecule has 0 spiro atoms. The van der Waals surface area contributed by atoms with Crippen LogP contribution in [0.2, 0.25) is 5.02 Å². The minimum atomic E-state index is -0.166. The number of halogens is 1. The van der Waals surface area contributed by atoms with E-state index in [-0.39, 0.29) is 6.10 Å². The van der Waals surface area contributed by atoms with E-state index < -0.39 is 0 Å². The highest BCUT2D eigenvalue weighted by molar-refractivity contribution is 6.32. The van der Waals surface area contributed by atoms with Crippen LogP contribution in [0.25, 0.3) is 0 Å². The van der Waals surface area contributed by atoms with Crippen LogP contribution < -0.4 is 10.1 Å². The minimum absolute atomic E-state index is 0.166. The number of methoxy groups -OCH3 is 1. The van der Waals surface area contributed by atoms with E-state index in [4.69, 9.17) is 16.3 Å². The van der Waals surface area contributed by atoms with Crippen molar-refractivity contribution in [2.24, 2.45) is 5.92 Å². The number of ether oxygens (including phenoxy) is 1. The molecule has 2 unspecified atom stereocenters. The van der Waals surface area contributed by atoms with Crippen molar-refractivity contribution in [1.82, 2.24) is 9.97 Å². The molecule has 0 amide bonds. The lowest BCUT2D eigenvalue weighted by Gasteiger charge is -2.26. The molecular formula is C12H18ClN3O2. The van der Waals surface area contributed by atoms with Crippen LogP contribution in [0.15, 0.2) is 6.20 Å². The Balaban J connectivity index is 1.92. The van der Waals surface area contributed by atoms with Gasteiger partial charge in [-0.3, -0.25) is 0 Å². The van der Waals surface area contributed by atoms with Crippen molar-refractivity contribution in [3.63, 3.8) is 0 Å². The Kier molecular flexibility index (Phi) is 4.60. The first-order valence-electron chi connectivity index (χ1n) is 6.17. The summed E-state index contributed by atoms with van der Waals surface area (Å²) in [5, 5.41) is 13.3. The molecule has 1 aliphatic carbocycles. The van der Waals surface area contributed by atoms with E-state index in [0.29, 0.717) is 22.8 Å². The van der Waals surface area contributed by atoms with E-state index in [2.05, 4.69) is 15.3 Å². The maximum atomic E-state index is 9.61. The summed E-state index contributed by atoms with van der Waals surface area (Å²) >= 11 is 6.01. The molecule has 2 N–H and O–H groups in total. The number of anilines is 1. The summed E-state index contributed by atoms with van der Waals surface area (Å²) in [7, 11) is 1.52. The van der Waals surface area contributed by atoms with E-state index >= 15 is 0 Å². The van der Waals surface area contributed by atoms with Gasteiger partial charge in [0.25, 0.3) is 0 Å². The van der Waals surface area contributed by atoms with Gasteiger partial charge in [-0.1, -0.05) is 18.0 Å². The molecule has 0 radical (unpaired) electrons. The maximum Gasteiger partial charge on any atom is 0.318 e. The molecule has 1 saturated carbocycles. The van der Waals surface area contributed by atoms with Crippen LogP contribution in [0.5, 0.6) is 6.01 Å². The molecule has 100 valence electrons. The summed E-state index contributed by atoms with van der Waals surface area (Å²) in [4.78, 5) is 8.07. The molecule has 1 aromatic heterocycles. The summed E-state index contributed by atoms with van der Waals surface area (Å²) < 4.78 is 4.96. The van der Waals surface area contributed by atoms with Gasteiger partial charge in [-0.2, -0.15) is 4.98 Å². The van der Waals surface area contributed by atoms with Crippen molar-refractivity contribution >= 4 is 17.4 Å². The van der Waals surface area contributed by atoms with Crippen LogP contribution in [-0.4, -0.2) is 34.8 Å². The van der Waals surface area contributed by atoms with Gasteiger partial charge in [-0.25, -0.2) is 4.98 Å². The third-order valence-electron chi connectivity index (χ3n) is 3.22. The molecule has 18 heavy (non-hydrogen) atoms. The van der Waals surface area contributed by atoms with Crippen LogP contribution >= 0.6 is 11.6 Å². The Labute approximate surface area is 112 Å². The second-order valence-corrected chi connectivity index (χ2v) is 5.03. The number of nitrogens with one attached hydrogen (secondary N) is 1. The average Bonchev–Trinajstić information content (AvgIpc) is 2.38. The first-order valence-corrected chi connectivity index (χ1v) is 6.55. The topological polar surface area (TPSA) is 67.3 Å².